The van der Waals surface area contributed by atoms with Crippen LogP contribution in [-0.2, 0) is 0 Å². The van der Waals surface area contributed by atoms with Crippen molar-refractivity contribution < 1.29 is 14.3 Å². The molecule has 1 aliphatic rings. The maximum atomic E-state index is 13.8. The quantitative estimate of drug-likeness (QED) is 0.426. The predicted molar refractivity (Wildman–Crippen MR) is 134 cm³/mol. The molecule has 1 aliphatic heterocycles. The highest BCUT2D eigenvalue weighted by molar-refractivity contribution is 6.00. The molecule has 35 heavy (non-hydrogen) atoms. The normalized spacial score (nSPS) is 13.5. The van der Waals surface area contributed by atoms with Crippen LogP contribution in [-0.4, -0.2) is 66.0 Å². The third-order valence-corrected chi connectivity index (χ3v) is 6.17. The number of pyridine rings is 1. The minimum atomic E-state index is -0.0623. The van der Waals surface area contributed by atoms with Crippen molar-refractivity contribution >= 4 is 11.7 Å². The molecule has 0 N–H and O–H groups in total. The van der Waals surface area contributed by atoms with Crippen LogP contribution in [0, 0.1) is 0 Å². The second-order valence-corrected chi connectivity index (χ2v) is 8.20. The molecule has 0 saturated carbocycles. The molecule has 0 aliphatic carbocycles. The van der Waals surface area contributed by atoms with Gasteiger partial charge in [-0.25, -0.2) is 9.67 Å². The summed E-state index contributed by atoms with van der Waals surface area (Å²) in [5.41, 5.74) is 2.65. The van der Waals surface area contributed by atoms with E-state index in [1.54, 1.807) is 31.3 Å². The molecule has 0 spiro atoms. The Morgan fingerprint density at radius 1 is 0.886 bits per heavy atom. The van der Waals surface area contributed by atoms with Crippen LogP contribution in [0.15, 0.2) is 79.1 Å². The molecule has 1 saturated heterocycles. The fourth-order valence-corrected chi connectivity index (χ4v) is 4.29. The summed E-state index contributed by atoms with van der Waals surface area (Å²) in [4.78, 5) is 22.3. The molecule has 0 unspecified atom stereocenters. The molecule has 3 heterocycles. The summed E-state index contributed by atoms with van der Waals surface area (Å²) in [7, 11) is 3.22. The van der Waals surface area contributed by atoms with Crippen LogP contribution in [0.25, 0.3) is 16.9 Å². The standard InChI is InChI=1S/C27H27N5O3/c1-34-21-11-12-24(35-2)22(18-21)26-23(19-32(29-26)20-8-4-3-5-9-20)27(33)31-16-14-30(15-17-31)25-10-6-7-13-28-25/h3-13,18-19H,14-17H2,1-2H3. The van der Waals surface area contributed by atoms with Crippen molar-refractivity contribution in [2.24, 2.45) is 0 Å². The van der Waals surface area contributed by atoms with E-state index in [0.29, 0.717) is 54.5 Å². The first-order valence-corrected chi connectivity index (χ1v) is 11.5. The molecule has 0 radical (unpaired) electrons. The van der Waals surface area contributed by atoms with Crippen molar-refractivity contribution in [3.63, 3.8) is 0 Å². The Kier molecular flexibility index (Phi) is 6.34. The van der Waals surface area contributed by atoms with Crippen LogP contribution in [0.5, 0.6) is 11.5 Å². The SMILES string of the molecule is COc1ccc(OC)c(-c2nn(-c3ccccc3)cc2C(=O)N2CCN(c3ccccn3)CC2)c1. The van der Waals surface area contributed by atoms with Gasteiger partial charge in [-0.2, -0.15) is 5.10 Å². The van der Waals surface area contributed by atoms with Gasteiger partial charge in [0.1, 0.15) is 23.0 Å². The number of nitrogens with zero attached hydrogens (tertiary/aromatic N) is 5. The van der Waals surface area contributed by atoms with Gasteiger partial charge in [-0.1, -0.05) is 24.3 Å². The summed E-state index contributed by atoms with van der Waals surface area (Å²) in [6, 6.07) is 21.1. The van der Waals surface area contributed by atoms with Gasteiger partial charge < -0.3 is 19.3 Å². The zero-order valence-electron chi connectivity index (χ0n) is 19.8. The topological polar surface area (TPSA) is 72.7 Å². The number of amides is 1. The molecule has 178 valence electrons. The molecule has 2 aromatic carbocycles. The number of hydrogen-bond donors (Lipinski definition) is 0. The van der Waals surface area contributed by atoms with Crippen LogP contribution < -0.4 is 14.4 Å². The first kappa shape index (κ1) is 22.5. The molecular weight excluding hydrogens is 442 g/mol. The third-order valence-electron chi connectivity index (χ3n) is 6.17. The summed E-state index contributed by atoms with van der Waals surface area (Å²) in [6.07, 6.45) is 3.59. The number of para-hydroxylation sites is 1. The van der Waals surface area contributed by atoms with Gasteiger partial charge in [-0.15, -0.1) is 0 Å². The number of carbonyl (C=O) groups is 1. The van der Waals surface area contributed by atoms with Gasteiger partial charge in [0.15, 0.2) is 0 Å². The number of ether oxygens (including phenoxy) is 2. The summed E-state index contributed by atoms with van der Waals surface area (Å²) < 4.78 is 12.8. The van der Waals surface area contributed by atoms with E-state index >= 15 is 0 Å². The lowest BCUT2D eigenvalue weighted by molar-refractivity contribution is 0.0747. The summed E-state index contributed by atoms with van der Waals surface area (Å²) >= 11 is 0. The van der Waals surface area contributed by atoms with Crippen LogP contribution >= 0.6 is 0 Å². The van der Waals surface area contributed by atoms with Gasteiger partial charge in [0.05, 0.1) is 25.5 Å². The van der Waals surface area contributed by atoms with Gasteiger partial charge in [0, 0.05) is 44.1 Å². The number of aromatic nitrogens is 3. The predicted octanol–water partition coefficient (Wildman–Crippen LogP) is 3.91. The maximum Gasteiger partial charge on any atom is 0.257 e. The Labute approximate surface area is 204 Å². The Morgan fingerprint density at radius 3 is 2.34 bits per heavy atom. The van der Waals surface area contributed by atoms with E-state index in [1.807, 2.05) is 71.6 Å². The lowest BCUT2D eigenvalue weighted by Gasteiger charge is -2.35. The zero-order chi connectivity index (χ0) is 24.2. The monoisotopic (exact) mass is 469 g/mol. The highest BCUT2D eigenvalue weighted by atomic mass is 16.5. The average Bonchev–Trinajstić information content (AvgIpc) is 3.39. The highest BCUT2D eigenvalue weighted by Gasteiger charge is 2.28. The van der Waals surface area contributed by atoms with Crippen molar-refractivity contribution in [2.75, 3.05) is 45.3 Å². The highest BCUT2D eigenvalue weighted by Crippen LogP contribution is 2.35. The summed E-state index contributed by atoms with van der Waals surface area (Å²) in [5.74, 6) is 2.15. The number of carbonyl (C=O) groups excluding carboxylic acids is 1. The van der Waals surface area contributed by atoms with Crippen LogP contribution in [0.4, 0.5) is 5.82 Å². The second kappa shape index (κ2) is 9.89. The molecule has 4 aromatic rings. The van der Waals surface area contributed by atoms with Crippen molar-refractivity contribution in [1.29, 1.82) is 0 Å². The minimum Gasteiger partial charge on any atom is -0.497 e. The molecule has 8 heteroatoms. The lowest BCUT2D eigenvalue weighted by atomic mass is 10.1. The van der Waals surface area contributed by atoms with Crippen molar-refractivity contribution in [3.05, 3.63) is 84.7 Å². The molecule has 2 aromatic heterocycles. The number of rotatable bonds is 6. The molecule has 1 amide bonds. The Hall–Kier alpha value is -4.33. The van der Waals surface area contributed by atoms with Gasteiger partial charge in [-0.05, 0) is 42.5 Å². The maximum absolute atomic E-state index is 13.8. The van der Waals surface area contributed by atoms with Gasteiger partial charge in [-0.3, -0.25) is 4.79 Å². The van der Waals surface area contributed by atoms with E-state index < -0.39 is 0 Å². The lowest BCUT2D eigenvalue weighted by Crippen LogP contribution is -2.49. The van der Waals surface area contributed by atoms with E-state index in [4.69, 9.17) is 14.6 Å². The smallest absolute Gasteiger partial charge is 0.257 e. The van der Waals surface area contributed by atoms with Crippen LogP contribution in [0.1, 0.15) is 10.4 Å². The summed E-state index contributed by atoms with van der Waals surface area (Å²) in [6.45, 7) is 2.63. The Balaban J connectivity index is 1.50. The van der Waals surface area contributed by atoms with E-state index in [9.17, 15) is 4.79 Å². The largest absolute Gasteiger partial charge is 0.497 e. The van der Waals surface area contributed by atoms with Crippen LogP contribution in [0.2, 0.25) is 0 Å². The first-order chi connectivity index (χ1) is 17.2. The fraction of sp³-hybridized carbons (Fsp3) is 0.222. The Morgan fingerprint density at radius 2 is 1.66 bits per heavy atom. The van der Waals surface area contributed by atoms with Crippen molar-refractivity contribution in [1.82, 2.24) is 19.7 Å². The number of benzene rings is 2. The van der Waals surface area contributed by atoms with Gasteiger partial charge in [0.25, 0.3) is 5.91 Å². The number of hydrogen-bond acceptors (Lipinski definition) is 6. The number of anilines is 1. The number of piperazine rings is 1. The van der Waals surface area contributed by atoms with Crippen molar-refractivity contribution in [3.8, 4) is 28.4 Å². The van der Waals surface area contributed by atoms with E-state index in [-0.39, 0.29) is 5.91 Å². The average molecular weight is 470 g/mol. The number of methoxy groups -OCH3 is 2. The molecule has 1 fully saturated rings. The van der Waals surface area contributed by atoms with Gasteiger partial charge in [0.2, 0.25) is 0 Å². The fourth-order valence-electron chi connectivity index (χ4n) is 4.29. The third kappa shape index (κ3) is 4.55. The first-order valence-electron chi connectivity index (χ1n) is 11.5. The molecular formula is C27H27N5O3. The summed E-state index contributed by atoms with van der Waals surface area (Å²) in [5, 5.41) is 4.83. The van der Waals surface area contributed by atoms with Crippen molar-refractivity contribution in [2.45, 2.75) is 0 Å². The Bertz CT molecular complexity index is 1300. The van der Waals surface area contributed by atoms with E-state index in [2.05, 4.69) is 9.88 Å². The molecule has 8 nitrogen and oxygen atoms in total. The van der Waals surface area contributed by atoms with Gasteiger partial charge >= 0.3 is 0 Å². The molecule has 0 atom stereocenters. The van der Waals surface area contributed by atoms with E-state index in [1.165, 1.54) is 0 Å². The van der Waals surface area contributed by atoms with E-state index in [0.717, 1.165) is 11.5 Å². The minimum absolute atomic E-state index is 0.0623. The second-order valence-electron chi connectivity index (χ2n) is 8.20. The van der Waals surface area contributed by atoms with Crippen LogP contribution in [0.3, 0.4) is 0 Å². The molecule has 5 rings (SSSR count). The zero-order valence-corrected chi connectivity index (χ0v) is 19.8. The molecule has 0 bridgehead atoms.